The zero-order valence-corrected chi connectivity index (χ0v) is 15.9. The summed E-state index contributed by atoms with van der Waals surface area (Å²) in [6, 6.07) is 7.35. The second-order valence-electron chi connectivity index (χ2n) is 7.35. The van der Waals surface area contributed by atoms with Gasteiger partial charge in [-0.1, -0.05) is 26.0 Å². The Morgan fingerprint density at radius 1 is 1.26 bits per heavy atom. The standard InChI is InChI=1S/C20H27NO6/c1-12(2)8-14(9-17(23)24)20(25)21-19-16(10-27-11-22)18(19)13-4-6-15(26-3)7-5-13/h4-7,11-12,14,16,18-19H,8-10H2,1-3H3,(H,21,25)(H,23,24)/t14-,16+,18-,19-/m1/s1. The summed E-state index contributed by atoms with van der Waals surface area (Å²) < 4.78 is 10.1. The highest BCUT2D eigenvalue weighted by molar-refractivity contribution is 5.83. The minimum atomic E-state index is -0.987. The first kappa shape index (κ1) is 20.7. The molecule has 2 rings (SSSR count). The van der Waals surface area contributed by atoms with Crippen molar-refractivity contribution >= 4 is 18.3 Å². The molecule has 0 bridgehead atoms. The number of aliphatic carboxylic acids is 1. The van der Waals surface area contributed by atoms with Gasteiger partial charge in [-0.2, -0.15) is 0 Å². The summed E-state index contributed by atoms with van der Waals surface area (Å²) in [5.41, 5.74) is 1.01. The Morgan fingerprint density at radius 3 is 2.44 bits per heavy atom. The van der Waals surface area contributed by atoms with Crippen molar-refractivity contribution in [2.75, 3.05) is 13.7 Å². The summed E-state index contributed by atoms with van der Waals surface area (Å²) in [7, 11) is 1.59. The van der Waals surface area contributed by atoms with E-state index in [0.29, 0.717) is 12.9 Å². The van der Waals surface area contributed by atoms with Crippen molar-refractivity contribution in [1.82, 2.24) is 5.32 Å². The molecule has 7 nitrogen and oxygen atoms in total. The Balaban J connectivity index is 2.08. The molecule has 1 saturated carbocycles. The number of benzene rings is 1. The van der Waals surface area contributed by atoms with E-state index in [-0.39, 0.29) is 42.7 Å². The number of nitrogens with one attached hydrogen (secondary N) is 1. The number of carbonyl (C=O) groups is 3. The maximum absolute atomic E-state index is 12.7. The van der Waals surface area contributed by atoms with Crippen molar-refractivity contribution in [3.63, 3.8) is 0 Å². The number of amides is 1. The fraction of sp³-hybridized carbons (Fsp3) is 0.550. The van der Waals surface area contributed by atoms with Crippen LogP contribution in [0.1, 0.15) is 38.2 Å². The van der Waals surface area contributed by atoms with E-state index in [1.165, 1.54) is 0 Å². The Kier molecular flexibility index (Phi) is 7.21. The molecule has 0 heterocycles. The third-order valence-electron chi connectivity index (χ3n) is 4.88. The van der Waals surface area contributed by atoms with Gasteiger partial charge in [-0.3, -0.25) is 14.4 Å². The highest BCUT2D eigenvalue weighted by atomic mass is 16.5. The number of carboxylic acids is 1. The number of ether oxygens (including phenoxy) is 2. The summed E-state index contributed by atoms with van der Waals surface area (Å²) in [5, 5.41) is 12.1. The number of methoxy groups -OCH3 is 1. The summed E-state index contributed by atoms with van der Waals surface area (Å²) in [6.45, 7) is 4.52. The second-order valence-corrected chi connectivity index (χ2v) is 7.35. The van der Waals surface area contributed by atoms with Crippen molar-refractivity contribution in [2.45, 2.75) is 38.6 Å². The van der Waals surface area contributed by atoms with E-state index in [9.17, 15) is 14.4 Å². The molecular formula is C20H27NO6. The van der Waals surface area contributed by atoms with E-state index in [0.717, 1.165) is 11.3 Å². The maximum atomic E-state index is 12.7. The summed E-state index contributed by atoms with van der Waals surface area (Å²) in [4.78, 5) is 34.3. The van der Waals surface area contributed by atoms with Gasteiger partial charge in [-0.15, -0.1) is 0 Å². The van der Waals surface area contributed by atoms with E-state index < -0.39 is 11.9 Å². The first-order chi connectivity index (χ1) is 12.9. The van der Waals surface area contributed by atoms with E-state index >= 15 is 0 Å². The largest absolute Gasteiger partial charge is 0.497 e. The van der Waals surface area contributed by atoms with Crippen molar-refractivity contribution in [3.05, 3.63) is 29.8 Å². The van der Waals surface area contributed by atoms with Crippen LogP contribution >= 0.6 is 0 Å². The van der Waals surface area contributed by atoms with Crippen LogP contribution in [0.2, 0.25) is 0 Å². The summed E-state index contributed by atoms with van der Waals surface area (Å²) in [6.07, 6.45) is 0.313. The average Bonchev–Trinajstić information content (AvgIpc) is 3.30. The molecule has 27 heavy (non-hydrogen) atoms. The van der Waals surface area contributed by atoms with Gasteiger partial charge in [0.1, 0.15) is 5.75 Å². The molecule has 1 amide bonds. The fourth-order valence-electron chi connectivity index (χ4n) is 3.55. The van der Waals surface area contributed by atoms with Crippen molar-refractivity contribution in [2.24, 2.45) is 17.8 Å². The lowest BCUT2D eigenvalue weighted by atomic mass is 9.93. The first-order valence-corrected chi connectivity index (χ1v) is 9.08. The van der Waals surface area contributed by atoms with Crippen molar-refractivity contribution < 1.29 is 29.0 Å². The SMILES string of the molecule is COc1ccc([C@@H]2[C@H](COC=O)[C@H]2NC(=O)[C@@H](CC(=O)O)CC(C)C)cc1. The van der Waals surface area contributed by atoms with Gasteiger partial charge in [0.15, 0.2) is 0 Å². The van der Waals surface area contributed by atoms with E-state index in [4.69, 9.17) is 14.6 Å². The Bertz CT molecular complexity index is 657. The van der Waals surface area contributed by atoms with Gasteiger partial charge in [-0.25, -0.2) is 0 Å². The molecule has 1 aromatic carbocycles. The molecule has 4 atom stereocenters. The van der Waals surface area contributed by atoms with Crippen molar-refractivity contribution in [3.8, 4) is 5.75 Å². The van der Waals surface area contributed by atoms with Gasteiger partial charge < -0.3 is 19.9 Å². The molecule has 0 unspecified atom stereocenters. The maximum Gasteiger partial charge on any atom is 0.304 e. The van der Waals surface area contributed by atoms with Crippen LogP contribution in [0.5, 0.6) is 5.75 Å². The zero-order valence-electron chi connectivity index (χ0n) is 15.9. The van der Waals surface area contributed by atoms with Crippen LogP contribution < -0.4 is 10.1 Å². The minimum absolute atomic E-state index is 0.0179. The quantitative estimate of drug-likeness (QED) is 0.573. The molecule has 1 aromatic rings. The summed E-state index contributed by atoms with van der Waals surface area (Å²) in [5.74, 6) is -0.888. The predicted molar refractivity (Wildman–Crippen MR) is 98.4 cm³/mol. The minimum Gasteiger partial charge on any atom is -0.497 e. The van der Waals surface area contributed by atoms with Gasteiger partial charge in [0.25, 0.3) is 6.47 Å². The number of hydrogen-bond acceptors (Lipinski definition) is 5. The number of carbonyl (C=O) groups excluding carboxylic acids is 2. The van der Waals surface area contributed by atoms with Gasteiger partial charge in [0.05, 0.1) is 20.1 Å². The monoisotopic (exact) mass is 377 g/mol. The molecule has 2 N–H and O–H groups in total. The molecule has 0 spiro atoms. The highest BCUT2D eigenvalue weighted by Gasteiger charge is 2.52. The van der Waals surface area contributed by atoms with Gasteiger partial charge in [0.2, 0.25) is 5.91 Å². The lowest BCUT2D eigenvalue weighted by molar-refractivity contribution is -0.141. The first-order valence-electron chi connectivity index (χ1n) is 9.08. The molecule has 1 aliphatic carbocycles. The van der Waals surface area contributed by atoms with Crippen LogP contribution in [-0.4, -0.2) is 43.2 Å². The lowest BCUT2D eigenvalue weighted by Gasteiger charge is -2.17. The average molecular weight is 377 g/mol. The Morgan fingerprint density at radius 2 is 1.93 bits per heavy atom. The smallest absolute Gasteiger partial charge is 0.304 e. The number of rotatable bonds is 11. The predicted octanol–water partition coefficient (Wildman–Crippen LogP) is 2.20. The molecule has 148 valence electrons. The molecule has 1 fully saturated rings. The highest BCUT2D eigenvalue weighted by Crippen LogP contribution is 2.48. The Labute approximate surface area is 159 Å². The van der Waals surface area contributed by atoms with E-state index in [1.54, 1.807) is 7.11 Å². The van der Waals surface area contributed by atoms with Gasteiger partial charge >= 0.3 is 5.97 Å². The van der Waals surface area contributed by atoms with Crippen LogP contribution in [-0.2, 0) is 19.1 Å². The van der Waals surface area contributed by atoms with E-state index in [1.807, 2.05) is 38.1 Å². The van der Waals surface area contributed by atoms with E-state index in [2.05, 4.69) is 5.32 Å². The molecule has 0 radical (unpaired) electrons. The van der Waals surface area contributed by atoms with Crippen LogP contribution in [0, 0.1) is 17.8 Å². The number of hydrogen-bond donors (Lipinski definition) is 2. The van der Waals surface area contributed by atoms with Gasteiger partial charge in [-0.05, 0) is 30.0 Å². The topological polar surface area (TPSA) is 102 Å². The van der Waals surface area contributed by atoms with Crippen LogP contribution in [0.3, 0.4) is 0 Å². The van der Waals surface area contributed by atoms with Crippen LogP contribution in [0.25, 0.3) is 0 Å². The molecule has 7 heteroatoms. The van der Waals surface area contributed by atoms with Crippen molar-refractivity contribution in [1.29, 1.82) is 0 Å². The third kappa shape index (κ3) is 5.70. The molecule has 1 aliphatic rings. The molecular weight excluding hydrogens is 350 g/mol. The fourth-order valence-corrected chi connectivity index (χ4v) is 3.55. The van der Waals surface area contributed by atoms with Gasteiger partial charge in [0, 0.05) is 23.8 Å². The van der Waals surface area contributed by atoms with Crippen LogP contribution in [0.15, 0.2) is 24.3 Å². The molecule has 0 saturated heterocycles. The summed E-state index contributed by atoms with van der Waals surface area (Å²) >= 11 is 0. The normalized spacial score (nSPS) is 22.0. The third-order valence-corrected chi connectivity index (χ3v) is 4.88. The van der Waals surface area contributed by atoms with Crippen LogP contribution in [0.4, 0.5) is 0 Å². The molecule has 0 aromatic heterocycles. The second kappa shape index (κ2) is 9.39. The molecule has 0 aliphatic heterocycles. The lowest BCUT2D eigenvalue weighted by Crippen LogP contribution is -2.35. The number of carboxylic acid groups (broad SMARTS) is 1. The Hall–Kier alpha value is -2.57. The zero-order chi connectivity index (χ0) is 20.0.